The predicted octanol–water partition coefficient (Wildman–Crippen LogP) is 4.33. The Bertz CT molecular complexity index is 1250. The number of nitriles is 1. The number of piperazine rings is 1. The summed E-state index contributed by atoms with van der Waals surface area (Å²) in [7, 11) is 0. The molecule has 2 amide bonds. The second-order valence-corrected chi connectivity index (χ2v) is 9.43. The van der Waals surface area contributed by atoms with Gasteiger partial charge in [0.25, 0.3) is 11.8 Å². The van der Waals surface area contributed by atoms with Gasteiger partial charge in [-0.1, -0.05) is 12.8 Å². The van der Waals surface area contributed by atoms with Crippen LogP contribution in [0, 0.1) is 11.3 Å². The van der Waals surface area contributed by atoms with Crippen LogP contribution in [-0.4, -0.2) is 59.4 Å². The van der Waals surface area contributed by atoms with E-state index in [1.54, 1.807) is 18.5 Å². The van der Waals surface area contributed by atoms with Crippen molar-refractivity contribution in [1.29, 1.82) is 5.26 Å². The summed E-state index contributed by atoms with van der Waals surface area (Å²) < 4.78 is 40.1. The summed E-state index contributed by atoms with van der Waals surface area (Å²) in [6, 6.07) is 6.19. The fraction of sp³-hybridized carbons (Fsp3) is 0.444. The van der Waals surface area contributed by atoms with Crippen molar-refractivity contribution in [1.82, 2.24) is 14.9 Å². The second kappa shape index (κ2) is 11.7. The summed E-state index contributed by atoms with van der Waals surface area (Å²) in [5.74, 6) is -0.455. The van der Waals surface area contributed by atoms with E-state index in [2.05, 4.69) is 19.8 Å². The molecule has 3 heterocycles. The molecule has 0 radical (unpaired) electrons. The Hall–Kier alpha value is -3.78. The number of alkyl halides is 3. The molecule has 1 aromatic carbocycles. The van der Waals surface area contributed by atoms with E-state index in [9.17, 15) is 22.8 Å². The summed E-state index contributed by atoms with van der Waals surface area (Å²) in [5, 5.41) is 9.00. The maximum absolute atomic E-state index is 13.4. The molecule has 200 valence electrons. The van der Waals surface area contributed by atoms with E-state index >= 15 is 0 Å². The maximum atomic E-state index is 13.4. The molecule has 0 aliphatic carbocycles. The smallest absolute Gasteiger partial charge is 0.338 e. The van der Waals surface area contributed by atoms with Crippen LogP contribution in [0.5, 0.6) is 0 Å². The van der Waals surface area contributed by atoms with Crippen molar-refractivity contribution in [2.24, 2.45) is 0 Å². The van der Waals surface area contributed by atoms with E-state index in [-0.39, 0.29) is 11.3 Å². The van der Waals surface area contributed by atoms with Crippen molar-refractivity contribution in [2.45, 2.75) is 45.2 Å². The first kappa shape index (κ1) is 27.3. The number of anilines is 2. The maximum Gasteiger partial charge on any atom is 0.417 e. The van der Waals surface area contributed by atoms with Gasteiger partial charge < -0.3 is 4.90 Å². The number of benzene rings is 1. The number of hydrogen-bond donors (Lipinski definition) is 0. The molecule has 2 aromatic rings. The Balaban J connectivity index is 1.23. The SMILES string of the molecule is CC1=C(CCCCCCN2CCN(c3ncccn3)CC2)C(=O)N(c2ccc(C#N)c(C(F)(F)F)c2)C1=O. The largest absolute Gasteiger partial charge is 0.417 e. The Labute approximate surface area is 219 Å². The van der Waals surface area contributed by atoms with Gasteiger partial charge in [0.2, 0.25) is 5.95 Å². The molecule has 1 aromatic heterocycles. The number of amides is 2. The quantitative estimate of drug-likeness (QED) is 0.355. The summed E-state index contributed by atoms with van der Waals surface area (Å²) >= 11 is 0. The molecule has 8 nitrogen and oxygen atoms in total. The number of imide groups is 1. The van der Waals surface area contributed by atoms with E-state index in [0.717, 1.165) is 68.9 Å². The van der Waals surface area contributed by atoms with Crippen molar-refractivity contribution in [3.05, 3.63) is 58.9 Å². The van der Waals surface area contributed by atoms with Crippen molar-refractivity contribution in [2.75, 3.05) is 42.5 Å². The first-order valence-electron chi connectivity index (χ1n) is 12.6. The number of halogens is 3. The summed E-state index contributed by atoms with van der Waals surface area (Å²) in [6.07, 6.45) is 2.69. The molecule has 0 bridgehead atoms. The van der Waals surface area contributed by atoms with Crippen LogP contribution in [0.25, 0.3) is 0 Å². The molecule has 0 spiro atoms. The van der Waals surface area contributed by atoms with Gasteiger partial charge in [0.1, 0.15) is 0 Å². The number of unbranched alkanes of at least 4 members (excludes halogenated alkanes) is 3. The van der Waals surface area contributed by atoms with Gasteiger partial charge >= 0.3 is 6.18 Å². The van der Waals surface area contributed by atoms with Gasteiger partial charge in [-0.05, 0) is 57.0 Å². The molecule has 4 rings (SSSR count). The Morgan fingerprint density at radius 3 is 2.32 bits per heavy atom. The summed E-state index contributed by atoms with van der Waals surface area (Å²) in [4.78, 5) is 39.7. The number of aromatic nitrogens is 2. The Morgan fingerprint density at radius 2 is 1.66 bits per heavy atom. The van der Waals surface area contributed by atoms with Gasteiger partial charge in [-0.25, -0.2) is 14.9 Å². The summed E-state index contributed by atoms with van der Waals surface area (Å²) in [5.41, 5.74) is -1.31. The molecule has 1 fully saturated rings. The number of carbonyl (C=O) groups is 2. The monoisotopic (exact) mass is 526 g/mol. The van der Waals surface area contributed by atoms with Crippen molar-refractivity contribution in [3.8, 4) is 6.07 Å². The number of hydrogen-bond acceptors (Lipinski definition) is 7. The topological polar surface area (TPSA) is 93.4 Å². The summed E-state index contributed by atoms with van der Waals surface area (Å²) in [6.45, 7) is 6.17. The average Bonchev–Trinajstić information content (AvgIpc) is 3.13. The number of carbonyl (C=O) groups excluding carboxylic acids is 2. The third-order valence-corrected chi connectivity index (χ3v) is 6.98. The Kier molecular flexibility index (Phi) is 8.42. The predicted molar refractivity (Wildman–Crippen MR) is 135 cm³/mol. The highest BCUT2D eigenvalue weighted by Crippen LogP contribution is 2.37. The van der Waals surface area contributed by atoms with E-state index < -0.39 is 29.1 Å². The van der Waals surface area contributed by atoms with E-state index in [0.29, 0.717) is 24.5 Å². The van der Waals surface area contributed by atoms with Crippen LogP contribution in [-0.2, 0) is 15.8 Å². The normalized spacial score (nSPS) is 16.9. The highest BCUT2D eigenvalue weighted by molar-refractivity contribution is 6.32. The third-order valence-electron chi connectivity index (χ3n) is 6.98. The van der Waals surface area contributed by atoms with Crippen molar-refractivity contribution >= 4 is 23.5 Å². The van der Waals surface area contributed by atoms with Crippen LogP contribution in [0.2, 0.25) is 0 Å². The van der Waals surface area contributed by atoms with Crippen LogP contribution < -0.4 is 9.80 Å². The highest BCUT2D eigenvalue weighted by Gasteiger charge is 2.39. The molecule has 2 aliphatic heterocycles. The zero-order valence-electron chi connectivity index (χ0n) is 21.2. The molecule has 2 aliphatic rings. The zero-order chi connectivity index (χ0) is 27.3. The third kappa shape index (κ3) is 6.02. The molecule has 0 N–H and O–H groups in total. The minimum Gasteiger partial charge on any atom is -0.338 e. The molecule has 0 saturated carbocycles. The highest BCUT2D eigenvalue weighted by atomic mass is 19.4. The fourth-order valence-corrected chi connectivity index (χ4v) is 4.83. The molecular formula is C27H29F3N6O2. The number of rotatable bonds is 9. The van der Waals surface area contributed by atoms with Gasteiger partial charge in [-0.3, -0.25) is 14.5 Å². The van der Waals surface area contributed by atoms with Gasteiger partial charge in [-0.15, -0.1) is 0 Å². The van der Waals surface area contributed by atoms with Gasteiger partial charge in [-0.2, -0.15) is 18.4 Å². The first-order valence-corrected chi connectivity index (χ1v) is 12.6. The van der Waals surface area contributed by atoms with Crippen molar-refractivity contribution < 1.29 is 22.8 Å². The zero-order valence-corrected chi connectivity index (χ0v) is 21.2. The van der Waals surface area contributed by atoms with Gasteiger partial charge in [0.05, 0.1) is 22.9 Å². The average molecular weight is 527 g/mol. The van der Waals surface area contributed by atoms with Crippen LogP contribution in [0.1, 0.15) is 50.2 Å². The Morgan fingerprint density at radius 1 is 0.974 bits per heavy atom. The second-order valence-electron chi connectivity index (χ2n) is 9.43. The molecular weight excluding hydrogens is 497 g/mol. The molecule has 11 heteroatoms. The molecule has 0 unspecified atom stereocenters. The molecule has 1 saturated heterocycles. The lowest BCUT2D eigenvalue weighted by molar-refractivity contribution is -0.138. The standard InChI is InChI=1S/C27H29F3N6O2/c1-19-22(25(38)36(24(19)37)21-9-8-20(18-31)23(17-21)27(28,29)30)7-4-2-3-5-12-34-13-15-35(16-14-34)26-32-10-6-11-33-26/h6,8-11,17H,2-5,7,12-16H2,1H3. The van der Waals surface area contributed by atoms with E-state index in [4.69, 9.17) is 5.26 Å². The lowest BCUT2D eigenvalue weighted by Crippen LogP contribution is -2.47. The van der Waals surface area contributed by atoms with Crippen LogP contribution in [0.15, 0.2) is 47.8 Å². The lowest BCUT2D eigenvalue weighted by Gasteiger charge is -2.34. The van der Waals surface area contributed by atoms with Gasteiger partial charge in [0, 0.05) is 49.7 Å². The minimum absolute atomic E-state index is 0.181. The van der Waals surface area contributed by atoms with Crippen LogP contribution in [0.3, 0.4) is 0 Å². The lowest BCUT2D eigenvalue weighted by atomic mass is 10.0. The molecule has 0 atom stereocenters. The number of nitrogens with zero attached hydrogens (tertiary/aromatic N) is 6. The molecule has 38 heavy (non-hydrogen) atoms. The first-order chi connectivity index (χ1) is 18.2. The van der Waals surface area contributed by atoms with Crippen LogP contribution in [0.4, 0.5) is 24.8 Å². The fourth-order valence-electron chi connectivity index (χ4n) is 4.83. The van der Waals surface area contributed by atoms with E-state index in [1.165, 1.54) is 19.1 Å². The van der Waals surface area contributed by atoms with Crippen molar-refractivity contribution in [3.63, 3.8) is 0 Å². The minimum atomic E-state index is -4.78. The van der Waals surface area contributed by atoms with Crippen LogP contribution >= 0.6 is 0 Å². The van der Waals surface area contributed by atoms with Gasteiger partial charge in [0.15, 0.2) is 0 Å². The van der Waals surface area contributed by atoms with E-state index in [1.807, 2.05) is 0 Å².